The third-order valence-electron chi connectivity index (χ3n) is 1.95. The molecule has 2 rings (SSSR count). The van der Waals surface area contributed by atoms with Crippen LogP contribution in [-0.4, -0.2) is 26.0 Å². The number of carbonyl (C=O) groups is 1. The lowest BCUT2D eigenvalue weighted by atomic mass is 10.1. The molecule has 0 aliphatic rings. The van der Waals surface area contributed by atoms with Crippen LogP contribution in [0.4, 0.5) is 5.95 Å². The molecular weight excluding hydrogens is 208 g/mol. The summed E-state index contributed by atoms with van der Waals surface area (Å²) in [6.07, 6.45) is 2.93. The summed E-state index contributed by atoms with van der Waals surface area (Å²) < 4.78 is 0. The summed E-state index contributed by atoms with van der Waals surface area (Å²) in [5.41, 5.74) is 6.61. The van der Waals surface area contributed by atoms with Crippen molar-refractivity contribution in [2.24, 2.45) is 0 Å². The van der Waals surface area contributed by atoms with E-state index in [0.29, 0.717) is 11.3 Å². The molecule has 0 spiro atoms. The van der Waals surface area contributed by atoms with Gasteiger partial charge in [0, 0.05) is 18.0 Å². The van der Waals surface area contributed by atoms with Crippen molar-refractivity contribution >= 4 is 11.9 Å². The van der Waals surface area contributed by atoms with E-state index in [2.05, 4.69) is 15.0 Å². The number of anilines is 1. The lowest BCUT2D eigenvalue weighted by Gasteiger charge is -2.01. The number of nitrogen functional groups attached to an aromatic ring is 1. The van der Waals surface area contributed by atoms with Gasteiger partial charge in [0.15, 0.2) is 0 Å². The highest BCUT2D eigenvalue weighted by Crippen LogP contribution is 2.16. The quantitative estimate of drug-likeness (QED) is 0.770. The number of pyridine rings is 1. The normalized spacial score (nSPS) is 10.0. The second-order valence-electron chi connectivity index (χ2n) is 3.03. The highest BCUT2D eigenvalue weighted by Gasteiger charge is 2.07. The van der Waals surface area contributed by atoms with Gasteiger partial charge in [0.05, 0.1) is 5.69 Å². The van der Waals surface area contributed by atoms with Crippen molar-refractivity contribution < 1.29 is 9.90 Å². The largest absolute Gasteiger partial charge is 0.477 e. The van der Waals surface area contributed by atoms with Crippen LogP contribution in [0.15, 0.2) is 30.6 Å². The molecule has 0 fully saturated rings. The summed E-state index contributed by atoms with van der Waals surface area (Å²) in [5.74, 6) is -0.935. The molecule has 0 saturated heterocycles. The zero-order valence-corrected chi connectivity index (χ0v) is 8.16. The summed E-state index contributed by atoms with van der Waals surface area (Å²) in [4.78, 5) is 22.2. The van der Waals surface area contributed by atoms with Crippen molar-refractivity contribution in [1.82, 2.24) is 15.0 Å². The van der Waals surface area contributed by atoms with Crippen LogP contribution >= 0.6 is 0 Å². The predicted octanol–water partition coefficient (Wildman–Crippen LogP) is 0.819. The van der Waals surface area contributed by atoms with E-state index in [0.717, 1.165) is 0 Å². The van der Waals surface area contributed by atoms with Crippen molar-refractivity contribution in [1.29, 1.82) is 0 Å². The minimum absolute atomic E-state index is 0.0327. The minimum Gasteiger partial charge on any atom is -0.477 e. The van der Waals surface area contributed by atoms with Crippen LogP contribution in [0.3, 0.4) is 0 Å². The zero-order valence-electron chi connectivity index (χ0n) is 8.16. The number of aromatic carboxylic acids is 1. The van der Waals surface area contributed by atoms with Gasteiger partial charge in [0.1, 0.15) is 5.69 Å². The van der Waals surface area contributed by atoms with Crippen LogP contribution in [0.25, 0.3) is 11.3 Å². The number of hydrogen-bond acceptors (Lipinski definition) is 5. The van der Waals surface area contributed by atoms with Crippen molar-refractivity contribution in [3.8, 4) is 11.3 Å². The Labute approximate surface area is 90.8 Å². The Kier molecular flexibility index (Phi) is 2.47. The zero-order chi connectivity index (χ0) is 11.5. The summed E-state index contributed by atoms with van der Waals surface area (Å²) in [6.45, 7) is 0. The molecule has 0 amide bonds. The molecular formula is C10H8N4O2. The standard InChI is InChI=1S/C10H8N4O2/c11-10-13-4-2-7(14-10)6-1-3-12-8(5-6)9(15)16/h1-5H,(H,15,16)(H2,11,13,14). The molecule has 2 heterocycles. The lowest BCUT2D eigenvalue weighted by Crippen LogP contribution is -2.00. The van der Waals surface area contributed by atoms with E-state index in [9.17, 15) is 4.79 Å². The first-order chi connectivity index (χ1) is 7.66. The topological polar surface area (TPSA) is 102 Å². The van der Waals surface area contributed by atoms with Crippen molar-refractivity contribution in [2.45, 2.75) is 0 Å². The van der Waals surface area contributed by atoms with E-state index in [1.165, 1.54) is 18.5 Å². The molecule has 0 atom stereocenters. The Morgan fingerprint density at radius 1 is 1.25 bits per heavy atom. The molecule has 0 saturated carbocycles. The molecule has 6 heteroatoms. The molecule has 0 aliphatic heterocycles. The Morgan fingerprint density at radius 3 is 2.69 bits per heavy atom. The van der Waals surface area contributed by atoms with Gasteiger partial charge in [0.2, 0.25) is 5.95 Å². The minimum atomic E-state index is -1.08. The molecule has 2 aromatic heterocycles. The molecule has 0 aliphatic carbocycles. The van der Waals surface area contributed by atoms with Gasteiger partial charge in [-0.3, -0.25) is 0 Å². The predicted molar refractivity (Wildman–Crippen MR) is 56.6 cm³/mol. The highest BCUT2D eigenvalue weighted by molar-refractivity contribution is 5.86. The number of carboxylic acid groups (broad SMARTS) is 1. The van der Waals surface area contributed by atoms with Gasteiger partial charge in [-0.15, -0.1) is 0 Å². The maximum Gasteiger partial charge on any atom is 0.354 e. The average molecular weight is 216 g/mol. The molecule has 16 heavy (non-hydrogen) atoms. The Balaban J connectivity index is 2.48. The summed E-state index contributed by atoms with van der Waals surface area (Å²) in [5, 5.41) is 8.79. The number of nitrogens with zero attached hydrogens (tertiary/aromatic N) is 3. The lowest BCUT2D eigenvalue weighted by molar-refractivity contribution is 0.0690. The van der Waals surface area contributed by atoms with E-state index in [4.69, 9.17) is 10.8 Å². The van der Waals surface area contributed by atoms with Gasteiger partial charge in [-0.05, 0) is 18.2 Å². The first-order valence-electron chi connectivity index (χ1n) is 4.45. The van der Waals surface area contributed by atoms with Crippen LogP contribution in [0.2, 0.25) is 0 Å². The Bertz CT molecular complexity index is 542. The SMILES string of the molecule is Nc1nccc(-c2ccnc(C(=O)O)c2)n1. The van der Waals surface area contributed by atoms with E-state index in [-0.39, 0.29) is 11.6 Å². The second kappa shape index (κ2) is 3.93. The van der Waals surface area contributed by atoms with E-state index >= 15 is 0 Å². The van der Waals surface area contributed by atoms with Crippen LogP contribution < -0.4 is 5.73 Å². The van der Waals surface area contributed by atoms with E-state index in [1.54, 1.807) is 12.1 Å². The molecule has 0 unspecified atom stereocenters. The van der Waals surface area contributed by atoms with Gasteiger partial charge >= 0.3 is 5.97 Å². The molecule has 80 valence electrons. The first kappa shape index (κ1) is 10.0. The number of aromatic nitrogens is 3. The van der Waals surface area contributed by atoms with E-state index in [1.807, 2.05) is 0 Å². The monoisotopic (exact) mass is 216 g/mol. The third-order valence-corrected chi connectivity index (χ3v) is 1.95. The van der Waals surface area contributed by atoms with Crippen LogP contribution in [0.5, 0.6) is 0 Å². The maximum atomic E-state index is 10.7. The number of hydrogen-bond donors (Lipinski definition) is 2. The van der Waals surface area contributed by atoms with Crippen molar-refractivity contribution in [2.75, 3.05) is 5.73 Å². The fourth-order valence-electron chi connectivity index (χ4n) is 1.24. The fraction of sp³-hybridized carbons (Fsp3) is 0. The number of carboxylic acids is 1. The number of nitrogens with two attached hydrogens (primary N) is 1. The van der Waals surface area contributed by atoms with Gasteiger partial charge in [-0.2, -0.15) is 0 Å². The smallest absolute Gasteiger partial charge is 0.354 e. The number of rotatable bonds is 2. The first-order valence-corrected chi connectivity index (χ1v) is 4.45. The van der Waals surface area contributed by atoms with E-state index < -0.39 is 5.97 Å². The van der Waals surface area contributed by atoms with Crippen LogP contribution in [-0.2, 0) is 0 Å². The molecule has 0 radical (unpaired) electrons. The maximum absolute atomic E-state index is 10.7. The third kappa shape index (κ3) is 1.95. The molecule has 3 N–H and O–H groups in total. The van der Waals surface area contributed by atoms with Crippen molar-refractivity contribution in [3.63, 3.8) is 0 Å². The fourth-order valence-corrected chi connectivity index (χ4v) is 1.24. The second-order valence-corrected chi connectivity index (χ2v) is 3.03. The average Bonchev–Trinajstić information content (AvgIpc) is 2.29. The molecule has 2 aromatic rings. The summed E-state index contributed by atoms with van der Waals surface area (Å²) in [6, 6.07) is 4.75. The summed E-state index contributed by atoms with van der Waals surface area (Å²) >= 11 is 0. The van der Waals surface area contributed by atoms with Crippen molar-refractivity contribution in [3.05, 3.63) is 36.3 Å². The van der Waals surface area contributed by atoms with Gasteiger partial charge in [0.25, 0.3) is 0 Å². The molecule has 6 nitrogen and oxygen atoms in total. The highest BCUT2D eigenvalue weighted by atomic mass is 16.4. The Morgan fingerprint density at radius 2 is 2.00 bits per heavy atom. The van der Waals surface area contributed by atoms with Crippen LogP contribution in [0.1, 0.15) is 10.5 Å². The summed E-state index contributed by atoms with van der Waals surface area (Å²) in [7, 11) is 0. The van der Waals surface area contributed by atoms with Gasteiger partial charge < -0.3 is 10.8 Å². The van der Waals surface area contributed by atoms with Gasteiger partial charge in [-0.25, -0.2) is 19.7 Å². The van der Waals surface area contributed by atoms with Crippen LogP contribution in [0, 0.1) is 0 Å². The van der Waals surface area contributed by atoms with Gasteiger partial charge in [-0.1, -0.05) is 0 Å². The molecule has 0 bridgehead atoms. The Hall–Kier alpha value is -2.50. The molecule has 0 aromatic carbocycles.